The number of H-pyrrole nitrogens is 1. The molecule has 15 heavy (non-hydrogen) atoms. The molecule has 4 nitrogen and oxygen atoms in total. The Morgan fingerprint density at radius 3 is 2.67 bits per heavy atom. The van der Waals surface area contributed by atoms with Gasteiger partial charge in [-0.05, 0) is 30.4 Å². The number of hydrogen-bond acceptors (Lipinski definition) is 3. The van der Waals surface area contributed by atoms with Crippen LogP contribution in [-0.4, -0.2) is 14.9 Å². The van der Waals surface area contributed by atoms with E-state index in [1.54, 1.807) is 18.2 Å². The summed E-state index contributed by atoms with van der Waals surface area (Å²) in [5.41, 5.74) is 0.677. The van der Waals surface area contributed by atoms with Crippen molar-refractivity contribution < 1.29 is 0 Å². The van der Waals surface area contributed by atoms with E-state index in [-0.39, 0.29) is 0 Å². The van der Waals surface area contributed by atoms with Crippen LogP contribution >= 0.6 is 35.4 Å². The number of aromatic amines is 1. The maximum Gasteiger partial charge on any atom is 0.214 e. The zero-order valence-corrected chi connectivity index (χ0v) is 9.70. The van der Waals surface area contributed by atoms with Gasteiger partial charge in [-0.1, -0.05) is 23.2 Å². The fourth-order valence-electron chi connectivity index (χ4n) is 1.17. The average Bonchev–Trinajstić information content (AvgIpc) is 2.49. The standard InChI is InChI=1S/C8H6Cl2N4S/c9-4-1-2-5(6(10)3-4)7-12-13-8(15)14(7)11/h1-3H,11H2,(H,13,15). The topological polar surface area (TPSA) is 59.6 Å². The molecule has 0 saturated carbocycles. The molecule has 78 valence electrons. The van der Waals surface area contributed by atoms with Gasteiger partial charge in [-0.3, -0.25) is 0 Å². The molecule has 0 aliphatic heterocycles. The largest absolute Gasteiger partial charge is 0.335 e. The lowest BCUT2D eigenvalue weighted by Crippen LogP contribution is -2.10. The molecule has 0 aliphatic carbocycles. The summed E-state index contributed by atoms with van der Waals surface area (Å²) in [5, 5.41) is 7.58. The van der Waals surface area contributed by atoms with E-state index in [4.69, 9.17) is 41.3 Å². The van der Waals surface area contributed by atoms with Gasteiger partial charge in [0, 0.05) is 10.6 Å². The highest BCUT2D eigenvalue weighted by Gasteiger charge is 2.10. The van der Waals surface area contributed by atoms with Gasteiger partial charge in [-0.2, -0.15) is 5.10 Å². The van der Waals surface area contributed by atoms with Crippen molar-refractivity contribution >= 4 is 35.4 Å². The molecule has 0 atom stereocenters. The number of hydrogen-bond donors (Lipinski definition) is 2. The molecule has 1 aromatic carbocycles. The molecule has 3 N–H and O–H groups in total. The van der Waals surface area contributed by atoms with Crippen LogP contribution in [0.15, 0.2) is 18.2 Å². The molecular weight excluding hydrogens is 255 g/mol. The molecule has 1 aromatic heterocycles. The fourth-order valence-corrected chi connectivity index (χ4v) is 1.79. The molecule has 7 heteroatoms. The number of nitrogens with one attached hydrogen (secondary N) is 1. The zero-order chi connectivity index (χ0) is 11.0. The number of nitrogen functional groups attached to an aromatic ring is 1. The van der Waals surface area contributed by atoms with Crippen LogP contribution < -0.4 is 5.84 Å². The van der Waals surface area contributed by atoms with E-state index in [2.05, 4.69) is 10.2 Å². The molecule has 0 unspecified atom stereocenters. The molecule has 0 aliphatic rings. The number of rotatable bonds is 1. The monoisotopic (exact) mass is 260 g/mol. The van der Waals surface area contributed by atoms with Crippen molar-refractivity contribution in [3.63, 3.8) is 0 Å². The van der Waals surface area contributed by atoms with E-state index in [0.717, 1.165) is 0 Å². The summed E-state index contributed by atoms with van der Waals surface area (Å²) in [6.07, 6.45) is 0. The molecule has 2 rings (SSSR count). The fraction of sp³-hybridized carbons (Fsp3) is 0. The van der Waals surface area contributed by atoms with Gasteiger partial charge in [-0.25, -0.2) is 9.77 Å². The van der Waals surface area contributed by atoms with Gasteiger partial charge >= 0.3 is 0 Å². The van der Waals surface area contributed by atoms with Crippen molar-refractivity contribution in [2.45, 2.75) is 0 Å². The summed E-state index contributed by atoms with van der Waals surface area (Å²) in [7, 11) is 0. The second kappa shape index (κ2) is 3.84. The Morgan fingerprint density at radius 1 is 1.40 bits per heavy atom. The Balaban J connectivity index is 2.64. The lowest BCUT2D eigenvalue weighted by molar-refractivity contribution is 0.984. The third kappa shape index (κ3) is 1.86. The van der Waals surface area contributed by atoms with Gasteiger partial charge < -0.3 is 5.84 Å². The van der Waals surface area contributed by atoms with E-state index in [0.29, 0.717) is 26.2 Å². The van der Waals surface area contributed by atoms with Crippen LogP contribution in [0.2, 0.25) is 10.0 Å². The maximum atomic E-state index is 6.00. The van der Waals surface area contributed by atoms with Crippen LogP contribution in [0.1, 0.15) is 0 Å². The molecule has 2 aromatic rings. The Bertz CT molecular complexity index is 560. The number of aromatic nitrogens is 3. The van der Waals surface area contributed by atoms with E-state index >= 15 is 0 Å². The van der Waals surface area contributed by atoms with Gasteiger partial charge in [-0.15, -0.1) is 0 Å². The quantitative estimate of drug-likeness (QED) is 0.612. The molecule has 0 bridgehead atoms. The summed E-state index contributed by atoms with van der Waals surface area (Å²) < 4.78 is 1.58. The minimum atomic E-state index is 0.330. The summed E-state index contributed by atoms with van der Waals surface area (Å²) in [5.74, 6) is 6.14. The van der Waals surface area contributed by atoms with Gasteiger partial charge in [0.2, 0.25) is 4.77 Å². The van der Waals surface area contributed by atoms with Gasteiger partial charge in [0.15, 0.2) is 5.82 Å². The third-order valence-corrected chi connectivity index (χ3v) is 2.71. The number of benzene rings is 1. The molecule has 0 amide bonds. The lowest BCUT2D eigenvalue weighted by Gasteiger charge is -2.02. The normalized spacial score (nSPS) is 10.5. The van der Waals surface area contributed by atoms with Crippen LogP contribution in [0.25, 0.3) is 11.4 Å². The Labute approximate surface area is 101 Å². The van der Waals surface area contributed by atoms with Crippen LogP contribution in [0, 0.1) is 4.77 Å². The van der Waals surface area contributed by atoms with E-state index < -0.39 is 0 Å². The highest BCUT2D eigenvalue weighted by atomic mass is 35.5. The number of nitrogens with two attached hydrogens (primary N) is 1. The summed E-state index contributed by atoms with van der Waals surface area (Å²) >= 11 is 16.7. The first-order valence-electron chi connectivity index (χ1n) is 3.97. The first-order chi connectivity index (χ1) is 7.09. The Kier molecular flexibility index (Phi) is 2.68. The van der Waals surface area contributed by atoms with E-state index in [1.807, 2.05) is 0 Å². The van der Waals surface area contributed by atoms with Crippen molar-refractivity contribution in [3.8, 4) is 11.4 Å². The lowest BCUT2D eigenvalue weighted by atomic mass is 10.2. The Morgan fingerprint density at radius 2 is 2.13 bits per heavy atom. The SMILES string of the molecule is Nn1c(-c2ccc(Cl)cc2Cl)n[nH]c1=S. The minimum Gasteiger partial charge on any atom is -0.335 e. The first-order valence-corrected chi connectivity index (χ1v) is 5.14. The zero-order valence-electron chi connectivity index (χ0n) is 7.37. The summed E-state index contributed by atoms with van der Waals surface area (Å²) in [6, 6.07) is 5.07. The molecule has 0 radical (unpaired) electrons. The predicted molar refractivity (Wildman–Crippen MR) is 63.0 cm³/mol. The molecule has 0 spiro atoms. The van der Waals surface area contributed by atoms with Crippen molar-refractivity contribution in [2.75, 3.05) is 5.84 Å². The number of nitrogens with zero attached hydrogens (tertiary/aromatic N) is 2. The maximum absolute atomic E-state index is 6.00. The number of halogens is 2. The van der Waals surface area contributed by atoms with Gasteiger partial charge in [0.05, 0.1) is 5.02 Å². The molecular formula is C8H6Cl2N4S. The third-order valence-electron chi connectivity index (χ3n) is 1.88. The van der Waals surface area contributed by atoms with Crippen molar-refractivity contribution in [1.82, 2.24) is 14.9 Å². The van der Waals surface area contributed by atoms with E-state index in [9.17, 15) is 0 Å². The molecule has 0 saturated heterocycles. The van der Waals surface area contributed by atoms with Crippen LogP contribution in [0.5, 0.6) is 0 Å². The highest BCUT2D eigenvalue weighted by Crippen LogP contribution is 2.28. The second-order valence-corrected chi connectivity index (χ2v) is 4.08. The van der Waals surface area contributed by atoms with Crippen molar-refractivity contribution in [3.05, 3.63) is 33.0 Å². The van der Waals surface area contributed by atoms with Gasteiger partial charge in [0.25, 0.3) is 0 Å². The van der Waals surface area contributed by atoms with E-state index in [1.165, 1.54) is 4.68 Å². The predicted octanol–water partition coefficient (Wildman–Crippen LogP) is 2.63. The minimum absolute atomic E-state index is 0.330. The van der Waals surface area contributed by atoms with Crippen LogP contribution in [0.3, 0.4) is 0 Å². The second-order valence-electron chi connectivity index (χ2n) is 2.85. The Hall–Kier alpha value is -1.04. The van der Waals surface area contributed by atoms with Crippen molar-refractivity contribution in [1.29, 1.82) is 0 Å². The highest BCUT2D eigenvalue weighted by molar-refractivity contribution is 7.71. The molecule has 0 fully saturated rings. The van der Waals surface area contributed by atoms with Crippen LogP contribution in [-0.2, 0) is 0 Å². The summed E-state index contributed by atoms with van der Waals surface area (Å²) in [4.78, 5) is 0. The average molecular weight is 261 g/mol. The van der Waals surface area contributed by atoms with Crippen molar-refractivity contribution in [2.24, 2.45) is 0 Å². The van der Waals surface area contributed by atoms with Crippen LogP contribution in [0.4, 0.5) is 0 Å². The van der Waals surface area contributed by atoms with Gasteiger partial charge in [0.1, 0.15) is 0 Å². The summed E-state index contributed by atoms with van der Waals surface area (Å²) in [6.45, 7) is 0. The molecule has 1 heterocycles. The smallest absolute Gasteiger partial charge is 0.214 e. The first kappa shape index (κ1) is 10.5.